The van der Waals surface area contributed by atoms with E-state index in [9.17, 15) is 0 Å². The Kier molecular flexibility index (Phi) is 4.63. The molecule has 1 N–H and O–H groups in total. The number of fused-ring (bicyclic) bond motifs is 1. The highest BCUT2D eigenvalue weighted by molar-refractivity contribution is 6.28. The summed E-state index contributed by atoms with van der Waals surface area (Å²) in [4.78, 5) is 16.7. The average Bonchev–Trinajstić information content (AvgIpc) is 2.90. The molecular weight excluding hydrogens is 318 g/mol. The number of ether oxygens (including phenoxy) is 1. The molecular formula is C14H16ClN7O. The summed E-state index contributed by atoms with van der Waals surface area (Å²) < 4.78 is 7.17. The third-order valence-electron chi connectivity index (χ3n) is 3.16. The summed E-state index contributed by atoms with van der Waals surface area (Å²) in [5.74, 6) is 1.18. The lowest BCUT2D eigenvalue weighted by Gasteiger charge is -2.09. The van der Waals surface area contributed by atoms with Crippen molar-refractivity contribution < 1.29 is 4.74 Å². The Morgan fingerprint density at radius 1 is 1.30 bits per heavy atom. The first-order valence-corrected chi connectivity index (χ1v) is 7.57. The molecule has 0 aliphatic rings. The summed E-state index contributed by atoms with van der Waals surface area (Å²) in [6.45, 7) is 5.66. The fraction of sp³-hybridized carbons (Fsp3) is 0.357. The molecule has 0 saturated heterocycles. The topological polar surface area (TPSA) is 90.6 Å². The number of halogens is 1. The second-order valence-electron chi connectivity index (χ2n) is 4.81. The van der Waals surface area contributed by atoms with Crippen molar-refractivity contribution in [2.24, 2.45) is 0 Å². The third kappa shape index (κ3) is 3.54. The lowest BCUT2D eigenvalue weighted by Crippen LogP contribution is -2.09. The van der Waals surface area contributed by atoms with Gasteiger partial charge in [-0.25, -0.2) is 15.0 Å². The molecule has 0 bridgehead atoms. The fourth-order valence-electron chi connectivity index (χ4n) is 2.17. The molecule has 0 amide bonds. The first-order chi connectivity index (χ1) is 11.2. The molecule has 0 aliphatic heterocycles. The molecule has 0 fully saturated rings. The number of hydrogen-bond acceptors (Lipinski definition) is 7. The van der Waals surface area contributed by atoms with E-state index in [1.165, 1.54) is 6.33 Å². The average molecular weight is 334 g/mol. The van der Waals surface area contributed by atoms with Gasteiger partial charge in [0.25, 0.3) is 0 Å². The zero-order chi connectivity index (χ0) is 16.2. The number of aromatic nitrogens is 6. The molecule has 0 atom stereocenters. The van der Waals surface area contributed by atoms with Crippen LogP contribution < -0.4 is 5.32 Å². The number of anilines is 2. The summed E-state index contributed by atoms with van der Waals surface area (Å²) in [5, 5.41) is 7.64. The van der Waals surface area contributed by atoms with Crippen LogP contribution in [0.1, 0.15) is 12.6 Å². The van der Waals surface area contributed by atoms with E-state index in [4.69, 9.17) is 16.3 Å². The highest BCUT2D eigenvalue weighted by atomic mass is 35.5. The van der Waals surface area contributed by atoms with E-state index < -0.39 is 0 Å². The van der Waals surface area contributed by atoms with Crippen LogP contribution in [0.15, 0.2) is 18.6 Å². The van der Waals surface area contributed by atoms with E-state index in [1.54, 1.807) is 10.9 Å². The normalized spacial score (nSPS) is 11.1. The van der Waals surface area contributed by atoms with Gasteiger partial charge >= 0.3 is 0 Å². The Hall–Kier alpha value is -2.32. The predicted molar refractivity (Wildman–Crippen MR) is 86.9 cm³/mol. The monoisotopic (exact) mass is 333 g/mol. The van der Waals surface area contributed by atoms with Crippen LogP contribution in [-0.4, -0.2) is 42.9 Å². The first-order valence-electron chi connectivity index (χ1n) is 7.20. The smallest absolute Gasteiger partial charge is 0.225 e. The number of nitrogens with zero attached hydrogens (tertiary/aromatic N) is 6. The van der Waals surface area contributed by atoms with Crippen LogP contribution in [0.5, 0.6) is 0 Å². The van der Waals surface area contributed by atoms with Gasteiger partial charge in [0.1, 0.15) is 23.2 Å². The predicted octanol–water partition coefficient (Wildman–Crippen LogP) is 2.36. The van der Waals surface area contributed by atoms with Crippen molar-refractivity contribution in [3.8, 4) is 0 Å². The molecule has 120 valence electrons. The zero-order valence-corrected chi connectivity index (χ0v) is 13.6. The molecule has 3 heterocycles. The van der Waals surface area contributed by atoms with E-state index in [-0.39, 0.29) is 5.28 Å². The van der Waals surface area contributed by atoms with Crippen LogP contribution in [0.25, 0.3) is 11.0 Å². The van der Waals surface area contributed by atoms with Gasteiger partial charge in [-0.05, 0) is 25.4 Å². The summed E-state index contributed by atoms with van der Waals surface area (Å²) in [6.07, 6.45) is 3.15. The van der Waals surface area contributed by atoms with Gasteiger partial charge in [0, 0.05) is 18.4 Å². The minimum absolute atomic E-state index is 0.148. The molecule has 23 heavy (non-hydrogen) atoms. The van der Waals surface area contributed by atoms with Crippen LogP contribution in [0.3, 0.4) is 0 Å². The van der Waals surface area contributed by atoms with Crippen LogP contribution in [-0.2, 0) is 11.3 Å². The minimum atomic E-state index is 0.148. The van der Waals surface area contributed by atoms with E-state index in [2.05, 4.69) is 30.4 Å². The van der Waals surface area contributed by atoms with Crippen molar-refractivity contribution in [2.75, 3.05) is 18.5 Å². The Morgan fingerprint density at radius 3 is 2.96 bits per heavy atom. The summed E-state index contributed by atoms with van der Waals surface area (Å²) in [6, 6.07) is 1.82. The fourth-order valence-corrected chi connectivity index (χ4v) is 2.34. The van der Waals surface area contributed by atoms with Gasteiger partial charge in [0.2, 0.25) is 5.28 Å². The van der Waals surface area contributed by atoms with Crippen LogP contribution in [0.2, 0.25) is 5.28 Å². The molecule has 0 unspecified atom stereocenters. The SMILES string of the molecule is CCOCCn1ncc2nc(Cl)nc(Nc3cc(C)ncn3)c21. The molecule has 3 aromatic rings. The maximum Gasteiger partial charge on any atom is 0.225 e. The maximum atomic E-state index is 6.00. The minimum Gasteiger partial charge on any atom is -0.380 e. The van der Waals surface area contributed by atoms with Crippen LogP contribution >= 0.6 is 11.6 Å². The lowest BCUT2D eigenvalue weighted by molar-refractivity contribution is 0.137. The summed E-state index contributed by atoms with van der Waals surface area (Å²) in [7, 11) is 0. The van der Waals surface area contributed by atoms with Crippen LogP contribution in [0.4, 0.5) is 11.6 Å². The number of nitrogens with one attached hydrogen (secondary N) is 1. The van der Waals surface area contributed by atoms with E-state index >= 15 is 0 Å². The second-order valence-corrected chi connectivity index (χ2v) is 5.15. The number of rotatable bonds is 6. The Balaban J connectivity index is 1.98. The molecule has 9 heteroatoms. The summed E-state index contributed by atoms with van der Waals surface area (Å²) in [5.41, 5.74) is 2.27. The zero-order valence-electron chi connectivity index (χ0n) is 12.8. The molecule has 0 aliphatic carbocycles. The Morgan fingerprint density at radius 2 is 2.17 bits per heavy atom. The van der Waals surface area contributed by atoms with Crippen molar-refractivity contribution in [3.63, 3.8) is 0 Å². The lowest BCUT2D eigenvalue weighted by atomic mass is 10.4. The van der Waals surface area contributed by atoms with Crippen LogP contribution in [0, 0.1) is 6.92 Å². The van der Waals surface area contributed by atoms with Gasteiger partial charge < -0.3 is 10.1 Å². The van der Waals surface area contributed by atoms with Gasteiger partial charge in [-0.2, -0.15) is 10.1 Å². The Bertz CT molecular complexity index is 820. The molecule has 0 aromatic carbocycles. The quantitative estimate of drug-likeness (QED) is 0.547. The van der Waals surface area contributed by atoms with Crippen molar-refractivity contribution in [1.29, 1.82) is 0 Å². The van der Waals surface area contributed by atoms with Crippen molar-refractivity contribution >= 4 is 34.3 Å². The second kappa shape index (κ2) is 6.84. The number of hydrogen-bond donors (Lipinski definition) is 1. The largest absolute Gasteiger partial charge is 0.380 e. The van der Waals surface area contributed by atoms with Crippen molar-refractivity contribution in [2.45, 2.75) is 20.4 Å². The third-order valence-corrected chi connectivity index (χ3v) is 3.33. The van der Waals surface area contributed by atoms with E-state index in [1.807, 2.05) is 19.9 Å². The van der Waals surface area contributed by atoms with E-state index in [0.29, 0.717) is 36.9 Å². The molecule has 8 nitrogen and oxygen atoms in total. The Labute approximate surface area is 137 Å². The van der Waals surface area contributed by atoms with E-state index in [0.717, 1.165) is 11.2 Å². The highest BCUT2D eigenvalue weighted by Crippen LogP contribution is 2.24. The van der Waals surface area contributed by atoms with Gasteiger partial charge in [-0.3, -0.25) is 4.68 Å². The van der Waals surface area contributed by atoms with Crippen molar-refractivity contribution in [1.82, 2.24) is 29.7 Å². The molecule has 3 aromatic heterocycles. The van der Waals surface area contributed by atoms with Crippen molar-refractivity contribution in [3.05, 3.63) is 29.6 Å². The summed E-state index contributed by atoms with van der Waals surface area (Å²) >= 11 is 6.00. The molecule has 0 radical (unpaired) electrons. The molecule has 3 rings (SSSR count). The standard InChI is InChI=1S/C14H16ClN7O/c1-3-23-5-4-22-12-10(7-18-22)19-14(15)21-13(12)20-11-6-9(2)16-8-17-11/h6-8H,3-5H2,1-2H3,(H,16,17,19,20,21). The molecule has 0 saturated carbocycles. The van der Waals surface area contributed by atoms with Gasteiger partial charge in [0.05, 0.1) is 19.3 Å². The molecule has 0 spiro atoms. The highest BCUT2D eigenvalue weighted by Gasteiger charge is 2.13. The van der Waals surface area contributed by atoms with Gasteiger partial charge in [0.15, 0.2) is 5.82 Å². The number of aryl methyl sites for hydroxylation is 1. The maximum absolute atomic E-state index is 6.00. The first kappa shape index (κ1) is 15.6. The van der Waals surface area contributed by atoms with Gasteiger partial charge in [-0.15, -0.1) is 0 Å². The van der Waals surface area contributed by atoms with Gasteiger partial charge in [-0.1, -0.05) is 0 Å².